The average Bonchev–Trinajstić information content (AvgIpc) is 3.43. The Balaban J connectivity index is 1.28. The van der Waals surface area contributed by atoms with E-state index in [0.29, 0.717) is 46.1 Å². The number of ether oxygens (including phenoxy) is 1. The second-order valence-electron chi connectivity index (χ2n) is 14.5. The van der Waals surface area contributed by atoms with Crippen LogP contribution in [0.25, 0.3) is 32.9 Å². The molecule has 3 saturated heterocycles. The van der Waals surface area contributed by atoms with Gasteiger partial charge in [0.15, 0.2) is 11.6 Å². The van der Waals surface area contributed by atoms with Gasteiger partial charge in [-0.25, -0.2) is 23.5 Å². The summed E-state index contributed by atoms with van der Waals surface area (Å²) in [5.41, 5.74) is 2.20. The number of amides is 2. The lowest BCUT2D eigenvalue weighted by atomic mass is 9.79. The van der Waals surface area contributed by atoms with E-state index in [9.17, 15) is 24.3 Å². The first-order valence-corrected chi connectivity index (χ1v) is 18.9. The number of halogens is 5. The smallest absolute Gasteiger partial charge is 0.407 e. The van der Waals surface area contributed by atoms with E-state index < -0.39 is 29.9 Å². The van der Waals surface area contributed by atoms with Crippen molar-refractivity contribution in [1.82, 2.24) is 24.3 Å². The maximum Gasteiger partial charge on any atom is 0.407 e. The van der Waals surface area contributed by atoms with Crippen LogP contribution in [-0.2, 0) is 11.2 Å². The van der Waals surface area contributed by atoms with Gasteiger partial charge in [0.25, 0.3) is 5.88 Å². The van der Waals surface area contributed by atoms with E-state index >= 15 is 4.39 Å². The minimum Gasteiger partial charge on any atom is -0.470 e. The molecule has 2 aromatic carbocycles. The third-order valence-electron chi connectivity index (χ3n) is 11.4. The van der Waals surface area contributed by atoms with E-state index in [2.05, 4.69) is 16.0 Å². The average molecular weight is 792 g/mol. The first kappa shape index (κ1) is 35.0. The van der Waals surface area contributed by atoms with E-state index in [-0.39, 0.29) is 87.8 Å². The van der Waals surface area contributed by atoms with Crippen molar-refractivity contribution in [2.24, 2.45) is 11.8 Å². The Labute approximate surface area is 322 Å². The van der Waals surface area contributed by atoms with Gasteiger partial charge in [0.05, 0.1) is 46.3 Å². The fourth-order valence-corrected chi connectivity index (χ4v) is 9.47. The number of aryl methyl sites for hydroxylation is 1. The van der Waals surface area contributed by atoms with Crippen molar-refractivity contribution in [2.45, 2.75) is 62.8 Å². The second kappa shape index (κ2) is 13.3. The highest BCUT2D eigenvalue weighted by atomic mass is 35.5. The van der Waals surface area contributed by atoms with E-state index in [0.717, 1.165) is 12.8 Å². The van der Waals surface area contributed by atoms with Crippen molar-refractivity contribution in [1.29, 1.82) is 5.26 Å². The molecule has 2 amide bonds. The summed E-state index contributed by atoms with van der Waals surface area (Å²) in [5, 5.41) is 21.1. The number of rotatable bonds is 8. The topological polar surface area (TPSA) is 125 Å². The van der Waals surface area contributed by atoms with Gasteiger partial charge in [-0.3, -0.25) is 4.79 Å². The van der Waals surface area contributed by atoms with Crippen LogP contribution in [0.1, 0.15) is 55.4 Å². The summed E-state index contributed by atoms with van der Waals surface area (Å²) in [5.74, 6) is -1.72. The highest BCUT2D eigenvalue weighted by molar-refractivity contribution is 6.43. The van der Waals surface area contributed by atoms with Crippen LogP contribution in [0.4, 0.5) is 13.6 Å². The molecule has 15 heteroatoms. The molecular formula is C39H31Cl3F2N6O4. The largest absolute Gasteiger partial charge is 0.470 e. The minimum atomic E-state index is -1.03. The van der Waals surface area contributed by atoms with Crippen molar-refractivity contribution in [3.8, 4) is 23.1 Å². The van der Waals surface area contributed by atoms with Gasteiger partial charge >= 0.3 is 6.09 Å². The van der Waals surface area contributed by atoms with Crippen LogP contribution in [0.5, 0.6) is 5.88 Å². The number of fused-ring (bicyclic) bond motifs is 4. The highest BCUT2D eigenvalue weighted by Gasteiger charge is 2.56. The lowest BCUT2D eigenvalue weighted by Crippen LogP contribution is -2.43. The molecule has 5 fully saturated rings. The molecule has 0 radical (unpaired) electrons. The van der Waals surface area contributed by atoms with Crippen molar-refractivity contribution in [2.75, 3.05) is 13.1 Å². The fraction of sp³-hybridized carbons (Fsp3) is 0.359. The van der Waals surface area contributed by atoms with Crippen molar-refractivity contribution < 1.29 is 28.2 Å². The molecule has 0 unspecified atom stereocenters. The molecule has 2 bridgehead atoms. The monoisotopic (exact) mass is 790 g/mol. The first-order chi connectivity index (χ1) is 26.0. The summed E-state index contributed by atoms with van der Waals surface area (Å²) in [6.07, 6.45) is 2.54. The number of pyridine rings is 2. The number of likely N-dealkylation sites (tertiary alicyclic amines) is 1. The van der Waals surface area contributed by atoms with Gasteiger partial charge in [-0.15, -0.1) is 0 Å². The van der Waals surface area contributed by atoms with Crippen molar-refractivity contribution in [3.63, 3.8) is 0 Å². The quantitative estimate of drug-likeness (QED) is 0.156. The summed E-state index contributed by atoms with van der Waals surface area (Å²) in [6, 6.07) is 12.2. The maximum absolute atomic E-state index is 17.2. The van der Waals surface area contributed by atoms with Crippen LogP contribution < -0.4 is 4.74 Å². The molecular weight excluding hydrogens is 761 g/mol. The molecule has 10 rings (SSSR count). The molecule has 0 spiro atoms. The summed E-state index contributed by atoms with van der Waals surface area (Å²) in [7, 11) is 0. The van der Waals surface area contributed by atoms with Gasteiger partial charge in [0.2, 0.25) is 5.91 Å². The Morgan fingerprint density at radius 1 is 1.04 bits per heavy atom. The van der Waals surface area contributed by atoms with Crippen LogP contribution >= 0.6 is 34.8 Å². The Bertz CT molecular complexity index is 2450. The van der Waals surface area contributed by atoms with Crippen LogP contribution in [0.3, 0.4) is 0 Å². The van der Waals surface area contributed by atoms with Crippen LogP contribution in [0.2, 0.25) is 15.2 Å². The molecule has 5 atom stereocenters. The van der Waals surface area contributed by atoms with Gasteiger partial charge in [-0.05, 0) is 61.6 Å². The molecule has 5 aliphatic rings. The lowest BCUT2D eigenvalue weighted by Gasteiger charge is -2.40. The summed E-state index contributed by atoms with van der Waals surface area (Å²) in [4.78, 5) is 38.2. The molecule has 1 N–H and O–H groups in total. The predicted octanol–water partition coefficient (Wildman–Crippen LogP) is 9.00. The number of hydrogen-bond acceptors (Lipinski definition) is 6. The van der Waals surface area contributed by atoms with E-state index in [1.54, 1.807) is 29.2 Å². The normalized spacial score (nSPS) is 23.2. The number of carbonyl (C=O) groups is 2. The summed E-state index contributed by atoms with van der Waals surface area (Å²) < 4.78 is 40.0. The Morgan fingerprint density at radius 2 is 1.85 bits per heavy atom. The molecule has 2 saturated carbocycles. The molecule has 276 valence electrons. The third kappa shape index (κ3) is 5.54. The third-order valence-corrected chi connectivity index (χ3v) is 12.5. The Morgan fingerprint density at radius 3 is 2.57 bits per heavy atom. The molecule has 2 aliphatic carbocycles. The van der Waals surface area contributed by atoms with Crippen LogP contribution in [-0.4, -0.2) is 66.7 Å². The van der Waals surface area contributed by atoms with E-state index in [4.69, 9.17) is 39.5 Å². The lowest BCUT2D eigenvalue weighted by molar-refractivity contribution is -0.133. The summed E-state index contributed by atoms with van der Waals surface area (Å²) in [6.45, 7) is 0.500. The van der Waals surface area contributed by atoms with E-state index in [1.807, 2.05) is 10.6 Å². The first-order valence-electron chi connectivity index (χ1n) is 17.8. The van der Waals surface area contributed by atoms with Crippen molar-refractivity contribution >= 4 is 68.6 Å². The number of carbonyl (C=O) groups excluding carboxylic acids is 1. The maximum atomic E-state index is 17.2. The number of carboxylic acid groups (broad SMARTS) is 1. The zero-order chi connectivity index (χ0) is 37.6. The minimum absolute atomic E-state index is 0.0208. The molecule has 10 nitrogen and oxygen atoms in total. The van der Waals surface area contributed by atoms with Gasteiger partial charge < -0.3 is 24.2 Å². The van der Waals surface area contributed by atoms with E-state index in [1.165, 1.54) is 23.2 Å². The fourth-order valence-electron chi connectivity index (χ4n) is 8.85. The van der Waals surface area contributed by atoms with Crippen LogP contribution in [0, 0.1) is 34.8 Å². The molecule has 3 aliphatic heterocycles. The SMILES string of the molecule is N#CCCc1cc2c(nc(Cl)c3cc([C@H]4C[C@H](Oc5ncccc5F)CN4C(=O)C4CC4)n([C@H]4[C@@H]5C[C@H]4N(C(=O)O)C5)c32)c(F)c1-c1cccc(Cl)c1Cl. The van der Waals surface area contributed by atoms with Crippen LogP contribution in [0.15, 0.2) is 48.7 Å². The number of nitriles is 1. The van der Waals surface area contributed by atoms with Gasteiger partial charge in [0, 0.05) is 65.0 Å². The molecule has 6 heterocycles. The molecule has 5 aromatic rings. The standard InChI is InChI=1S/C39H31Cl3F2N6O4/c40-25-6-1-5-22(31(25)41)30-19(4-2-10-45)12-23-33(32(30)44)47-36(42)24-15-28(50(35(23)24)34-20-13-29(34)49(16-20)39(52)53)27-14-21(17-48(27)38(51)18-8-9-18)54-37-26(43)7-3-11-46-37/h1,3,5-7,11-12,15,18,20-21,27,29,34H,2,4,8-9,13-14,16-17H2,(H,52,53)/t20-,21+,27-,29-,34+/m1/s1. The molecule has 3 aromatic heterocycles. The van der Waals surface area contributed by atoms with Gasteiger partial charge in [-0.2, -0.15) is 5.26 Å². The zero-order valence-corrected chi connectivity index (χ0v) is 30.8. The zero-order valence-electron chi connectivity index (χ0n) is 28.5. The Kier molecular flexibility index (Phi) is 8.60. The van der Waals surface area contributed by atoms with Gasteiger partial charge in [-0.1, -0.05) is 46.9 Å². The van der Waals surface area contributed by atoms with Crippen molar-refractivity contribution in [3.05, 3.63) is 86.8 Å². The summed E-state index contributed by atoms with van der Waals surface area (Å²) >= 11 is 20.0. The number of benzene rings is 2. The Hall–Kier alpha value is -4.70. The van der Waals surface area contributed by atoms with Gasteiger partial charge in [0.1, 0.15) is 16.8 Å². The highest BCUT2D eigenvalue weighted by Crippen LogP contribution is 2.54. The number of aromatic nitrogens is 3. The number of hydrogen-bond donors (Lipinski definition) is 1. The number of nitrogens with zero attached hydrogens (tertiary/aromatic N) is 6. The second-order valence-corrected chi connectivity index (χ2v) is 15.7. The molecule has 54 heavy (non-hydrogen) atoms. The predicted molar refractivity (Wildman–Crippen MR) is 198 cm³/mol.